The van der Waals surface area contributed by atoms with Gasteiger partial charge in [-0.25, -0.2) is 0 Å². The van der Waals surface area contributed by atoms with E-state index in [1.54, 1.807) is 7.11 Å². The third kappa shape index (κ3) is 3.97. The minimum absolute atomic E-state index is 0.0413. The minimum atomic E-state index is 0.0413. The first-order valence-corrected chi connectivity index (χ1v) is 9.23. The lowest BCUT2D eigenvalue weighted by atomic mass is 10.1. The maximum absolute atomic E-state index is 12.2. The number of hydrogen-bond acceptors (Lipinski definition) is 4. The van der Waals surface area contributed by atoms with Gasteiger partial charge < -0.3 is 10.1 Å². The van der Waals surface area contributed by atoms with Gasteiger partial charge in [-0.2, -0.15) is 0 Å². The largest absolute Gasteiger partial charge is 0.496 e. The summed E-state index contributed by atoms with van der Waals surface area (Å²) < 4.78 is 5.31. The Morgan fingerprint density at radius 1 is 1.38 bits per heavy atom. The highest BCUT2D eigenvalue weighted by Gasteiger charge is 2.21. The standard InChI is InChI=1S/C19H24N2O2S/c1-14(21-9-7-18-16(13-21)8-10-24-18)12-20-19(22)11-15-5-3-4-6-17(15)23-2/h3-6,8,10,14H,7,9,11-13H2,1-2H3,(H,20,22). The molecule has 1 aliphatic heterocycles. The van der Waals surface area contributed by atoms with E-state index in [0.717, 1.165) is 30.8 Å². The normalized spacial score (nSPS) is 15.6. The number of hydrogen-bond donors (Lipinski definition) is 1. The molecule has 4 nitrogen and oxygen atoms in total. The van der Waals surface area contributed by atoms with Crippen LogP contribution in [0, 0.1) is 0 Å². The molecular formula is C19H24N2O2S. The summed E-state index contributed by atoms with van der Waals surface area (Å²) in [4.78, 5) is 16.2. The zero-order valence-corrected chi connectivity index (χ0v) is 15.1. The average molecular weight is 344 g/mol. The number of ether oxygens (including phenoxy) is 1. The van der Waals surface area contributed by atoms with Crippen LogP contribution in [0.25, 0.3) is 0 Å². The predicted molar refractivity (Wildman–Crippen MR) is 97.6 cm³/mol. The summed E-state index contributed by atoms with van der Waals surface area (Å²) in [7, 11) is 1.63. The second-order valence-electron chi connectivity index (χ2n) is 6.23. The van der Waals surface area contributed by atoms with E-state index in [1.165, 1.54) is 10.4 Å². The van der Waals surface area contributed by atoms with Crippen LogP contribution >= 0.6 is 11.3 Å². The van der Waals surface area contributed by atoms with Gasteiger partial charge in [-0.3, -0.25) is 9.69 Å². The van der Waals surface area contributed by atoms with E-state index < -0.39 is 0 Å². The number of methoxy groups -OCH3 is 1. The Balaban J connectivity index is 1.49. The molecule has 0 bridgehead atoms. The molecule has 128 valence electrons. The van der Waals surface area contributed by atoms with Crippen molar-refractivity contribution in [3.8, 4) is 5.75 Å². The number of rotatable bonds is 6. The first-order valence-electron chi connectivity index (χ1n) is 8.35. The van der Waals surface area contributed by atoms with Crippen LogP contribution in [0.15, 0.2) is 35.7 Å². The molecule has 1 atom stereocenters. The van der Waals surface area contributed by atoms with Gasteiger partial charge >= 0.3 is 0 Å². The third-order valence-electron chi connectivity index (χ3n) is 4.60. The molecule has 1 amide bonds. The van der Waals surface area contributed by atoms with E-state index in [9.17, 15) is 4.79 Å². The smallest absolute Gasteiger partial charge is 0.224 e. The second kappa shape index (κ2) is 7.81. The fraction of sp³-hybridized carbons (Fsp3) is 0.421. The average Bonchev–Trinajstić information content (AvgIpc) is 3.07. The highest BCUT2D eigenvalue weighted by molar-refractivity contribution is 7.10. The van der Waals surface area contributed by atoms with E-state index >= 15 is 0 Å². The fourth-order valence-electron chi connectivity index (χ4n) is 3.12. The summed E-state index contributed by atoms with van der Waals surface area (Å²) in [6, 6.07) is 10.2. The van der Waals surface area contributed by atoms with Crippen molar-refractivity contribution in [2.24, 2.45) is 0 Å². The van der Waals surface area contributed by atoms with Gasteiger partial charge in [0, 0.05) is 36.1 Å². The van der Waals surface area contributed by atoms with Gasteiger partial charge in [-0.05, 0) is 36.4 Å². The number of nitrogens with one attached hydrogen (secondary N) is 1. The predicted octanol–water partition coefficient (Wildman–Crippen LogP) is 2.86. The number of fused-ring (bicyclic) bond motifs is 1. The lowest BCUT2D eigenvalue weighted by Crippen LogP contribution is -2.44. The Morgan fingerprint density at radius 2 is 2.21 bits per heavy atom. The Kier molecular flexibility index (Phi) is 5.53. The molecule has 2 aromatic rings. The van der Waals surface area contributed by atoms with E-state index in [1.807, 2.05) is 35.6 Å². The van der Waals surface area contributed by atoms with Crippen LogP contribution in [0.4, 0.5) is 0 Å². The molecule has 0 aliphatic carbocycles. The molecule has 24 heavy (non-hydrogen) atoms. The Hall–Kier alpha value is -1.85. The van der Waals surface area contributed by atoms with Crippen LogP contribution in [0.3, 0.4) is 0 Å². The van der Waals surface area contributed by atoms with E-state index in [2.05, 4.69) is 28.6 Å². The molecule has 1 aliphatic rings. The van der Waals surface area contributed by atoms with Crippen LogP contribution < -0.4 is 10.1 Å². The van der Waals surface area contributed by atoms with E-state index in [-0.39, 0.29) is 5.91 Å². The van der Waals surface area contributed by atoms with Crippen molar-refractivity contribution in [1.29, 1.82) is 0 Å². The number of carbonyl (C=O) groups is 1. The Labute approximate surface area is 147 Å². The van der Waals surface area contributed by atoms with Crippen LogP contribution in [0.1, 0.15) is 22.9 Å². The van der Waals surface area contributed by atoms with Gasteiger partial charge in [0.2, 0.25) is 5.91 Å². The summed E-state index contributed by atoms with van der Waals surface area (Å²) in [5, 5.41) is 5.24. The van der Waals surface area contributed by atoms with Crippen molar-refractivity contribution >= 4 is 17.2 Å². The summed E-state index contributed by atoms with van der Waals surface area (Å²) >= 11 is 1.85. The van der Waals surface area contributed by atoms with Gasteiger partial charge in [-0.15, -0.1) is 11.3 Å². The minimum Gasteiger partial charge on any atom is -0.496 e. The van der Waals surface area contributed by atoms with Crippen molar-refractivity contribution in [3.63, 3.8) is 0 Å². The van der Waals surface area contributed by atoms with E-state index in [4.69, 9.17) is 4.74 Å². The van der Waals surface area contributed by atoms with Crippen molar-refractivity contribution in [3.05, 3.63) is 51.7 Å². The second-order valence-corrected chi connectivity index (χ2v) is 7.23. The maximum Gasteiger partial charge on any atom is 0.224 e. The fourth-order valence-corrected chi connectivity index (χ4v) is 4.01. The van der Waals surface area contributed by atoms with Crippen LogP contribution in [-0.2, 0) is 24.2 Å². The Bertz CT molecular complexity index is 698. The van der Waals surface area contributed by atoms with Gasteiger partial charge in [0.1, 0.15) is 5.75 Å². The molecule has 5 heteroatoms. The van der Waals surface area contributed by atoms with Gasteiger partial charge in [-0.1, -0.05) is 18.2 Å². The molecule has 1 unspecified atom stereocenters. The maximum atomic E-state index is 12.2. The van der Waals surface area contributed by atoms with Gasteiger partial charge in [0.05, 0.1) is 13.5 Å². The topological polar surface area (TPSA) is 41.6 Å². The molecule has 2 heterocycles. The summed E-state index contributed by atoms with van der Waals surface area (Å²) in [5.74, 6) is 0.807. The van der Waals surface area contributed by atoms with Crippen molar-refractivity contribution in [1.82, 2.24) is 10.2 Å². The number of thiophene rings is 1. The monoisotopic (exact) mass is 344 g/mol. The SMILES string of the molecule is COc1ccccc1CC(=O)NCC(C)N1CCc2sccc2C1. The molecular weight excluding hydrogens is 320 g/mol. The third-order valence-corrected chi connectivity index (χ3v) is 5.62. The lowest BCUT2D eigenvalue weighted by Gasteiger charge is -2.32. The molecule has 0 fully saturated rings. The Morgan fingerprint density at radius 3 is 3.04 bits per heavy atom. The molecule has 0 radical (unpaired) electrons. The zero-order valence-electron chi connectivity index (χ0n) is 14.2. The lowest BCUT2D eigenvalue weighted by molar-refractivity contribution is -0.120. The summed E-state index contributed by atoms with van der Waals surface area (Å²) in [6.45, 7) is 4.91. The molecule has 0 spiro atoms. The molecule has 0 saturated heterocycles. The van der Waals surface area contributed by atoms with Crippen molar-refractivity contribution in [2.75, 3.05) is 20.2 Å². The first-order chi connectivity index (χ1) is 11.7. The number of carbonyl (C=O) groups excluding carboxylic acids is 1. The van der Waals surface area contributed by atoms with Gasteiger partial charge in [0.25, 0.3) is 0 Å². The molecule has 0 saturated carbocycles. The zero-order chi connectivity index (χ0) is 16.9. The molecule has 1 aromatic carbocycles. The summed E-state index contributed by atoms with van der Waals surface area (Å²) in [6.07, 6.45) is 1.47. The molecule has 1 N–H and O–H groups in total. The van der Waals surface area contributed by atoms with Crippen molar-refractivity contribution < 1.29 is 9.53 Å². The van der Waals surface area contributed by atoms with Crippen LogP contribution in [-0.4, -0.2) is 37.0 Å². The van der Waals surface area contributed by atoms with Gasteiger partial charge in [0.15, 0.2) is 0 Å². The molecule has 3 rings (SSSR count). The number of para-hydroxylation sites is 1. The van der Waals surface area contributed by atoms with Crippen molar-refractivity contribution in [2.45, 2.75) is 32.4 Å². The number of amides is 1. The highest BCUT2D eigenvalue weighted by Crippen LogP contribution is 2.25. The van der Waals surface area contributed by atoms with E-state index in [0.29, 0.717) is 19.0 Å². The van der Waals surface area contributed by atoms with Crippen LogP contribution in [0.2, 0.25) is 0 Å². The number of benzene rings is 1. The summed E-state index contributed by atoms with van der Waals surface area (Å²) in [5.41, 5.74) is 2.37. The first kappa shape index (κ1) is 17.0. The molecule has 1 aromatic heterocycles. The number of nitrogens with zero attached hydrogens (tertiary/aromatic N) is 1. The quantitative estimate of drug-likeness (QED) is 0.876. The van der Waals surface area contributed by atoms with Crippen LogP contribution in [0.5, 0.6) is 5.75 Å². The highest BCUT2D eigenvalue weighted by atomic mass is 32.1.